The number of nitrogens with zero attached hydrogens (tertiary/aromatic N) is 1. The van der Waals surface area contributed by atoms with Crippen LogP contribution in [0.1, 0.15) is 22.4 Å². The predicted molar refractivity (Wildman–Crippen MR) is 49.4 cm³/mol. The van der Waals surface area contributed by atoms with E-state index in [2.05, 4.69) is 4.98 Å². The number of carbonyl (C=O) groups excluding carboxylic acids is 1. The van der Waals surface area contributed by atoms with Crippen LogP contribution in [0.4, 0.5) is 0 Å². The van der Waals surface area contributed by atoms with E-state index in [0.717, 1.165) is 11.3 Å². The van der Waals surface area contributed by atoms with Crippen LogP contribution >= 0.6 is 11.3 Å². The second-order valence-electron chi connectivity index (χ2n) is 2.41. The molecule has 0 aliphatic heterocycles. The number of aromatic nitrogens is 1. The third-order valence-corrected chi connectivity index (χ3v) is 2.22. The topological polar surface area (TPSA) is 76.5 Å². The maximum Gasteiger partial charge on any atom is 0.355 e. The van der Waals surface area contributed by atoms with E-state index in [9.17, 15) is 9.59 Å². The second kappa shape index (κ2) is 4.71. The molecule has 0 saturated heterocycles. The van der Waals surface area contributed by atoms with Crippen molar-refractivity contribution < 1.29 is 19.4 Å². The summed E-state index contributed by atoms with van der Waals surface area (Å²) < 4.78 is 4.70. The Morgan fingerprint density at radius 1 is 1.64 bits per heavy atom. The molecule has 1 heterocycles. The zero-order valence-corrected chi connectivity index (χ0v) is 8.34. The van der Waals surface area contributed by atoms with Crippen molar-refractivity contribution in [2.45, 2.75) is 13.3 Å². The van der Waals surface area contributed by atoms with Crippen LogP contribution in [0.2, 0.25) is 0 Å². The van der Waals surface area contributed by atoms with E-state index < -0.39 is 11.9 Å². The average Bonchev–Trinajstić information content (AvgIpc) is 2.53. The first-order valence-electron chi connectivity index (χ1n) is 3.96. The van der Waals surface area contributed by atoms with Gasteiger partial charge in [-0.2, -0.15) is 0 Å². The van der Waals surface area contributed by atoms with Crippen LogP contribution in [0.15, 0.2) is 5.38 Å². The first kappa shape index (κ1) is 10.6. The summed E-state index contributed by atoms with van der Waals surface area (Å²) in [6.07, 6.45) is 0.0335. The van der Waals surface area contributed by atoms with Crippen molar-refractivity contribution in [3.63, 3.8) is 0 Å². The fourth-order valence-electron chi connectivity index (χ4n) is 0.826. The quantitative estimate of drug-likeness (QED) is 0.756. The highest BCUT2D eigenvalue weighted by molar-refractivity contribution is 7.09. The van der Waals surface area contributed by atoms with Crippen molar-refractivity contribution in [3.8, 4) is 0 Å². The molecule has 0 spiro atoms. The van der Waals surface area contributed by atoms with Gasteiger partial charge in [-0.25, -0.2) is 9.78 Å². The van der Waals surface area contributed by atoms with Gasteiger partial charge in [0, 0.05) is 5.38 Å². The number of carbonyl (C=O) groups is 2. The molecule has 0 amide bonds. The molecule has 0 aromatic carbocycles. The molecule has 0 atom stereocenters. The van der Waals surface area contributed by atoms with E-state index in [4.69, 9.17) is 9.84 Å². The molecule has 1 rings (SSSR count). The normalized spacial score (nSPS) is 9.79. The molecule has 0 radical (unpaired) electrons. The molecule has 1 aromatic heterocycles. The Labute approximate surface area is 84.3 Å². The number of rotatable bonds is 4. The number of ether oxygens (including phenoxy) is 1. The largest absolute Gasteiger partial charge is 0.476 e. The average molecular weight is 215 g/mol. The zero-order chi connectivity index (χ0) is 10.6. The Morgan fingerprint density at radius 3 is 2.86 bits per heavy atom. The van der Waals surface area contributed by atoms with Crippen molar-refractivity contribution in [2.75, 3.05) is 6.61 Å². The molecule has 0 aliphatic carbocycles. The molecule has 0 saturated carbocycles. The van der Waals surface area contributed by atoms with Gasteiger partial charge in [0.25, 0.3) is 0 Å². The minimum absolute atomic E-state index is 0.0331. The molecule has 0 unspecified atom stereocenters. The molecule has 76 valence electrons. The summed E-state index contributed by atoms with van der Waals surface area (Å²) in [4.78, 5) is 25.2. The Morgan fingerprint density at radius 2 is 2.36 bits per heavy atom. The standard InChI is InChI=1S/C8H9NO4S/c1-2-13-7(10)3-6-9-5(4-14-6)8(11)12/h4H,2-3H2,1H3,(H,11,12). The fourth-order valence-corrected chi connectivity index (χ4v) is 1.58. The van der Waals surface area contributed by atoms with Crippen LogP contribution in [0.5, 0.6) is 0 Å². The van der Waals surface area contributed by atoms with E-state index >= 15 is 0 Å². The van der Waals surface area contributed by atoms with Crippen molar-refractivity contribution in [1.29, 1.82) is 0 Å². The van der Waals surface area contributed by atoms with Gasteiger partial charge in [0.05, 0.1) is 13.0 Å². The number of hydrogen-bond acceptors (Lipinski definition) is 5. The Hall–Kier alpha value is -1.43. The SMILES string of the molecule is CCOC(=O)Cc1nc(C(=O)O)cs1. The molecule has 14 heavy (non-hydrogen) atoms. The van der Waals surface area contributed by atoms with Gasteiger partial charge in [-0.3, -0.25) is 4.79 Å². The summed E-state index contributed by atoms with van der Waals surface area (Å²) >= 11 is 1.14. The monoisotopic (exact) mass is 215 g/mol. The van der Waals surface area contributed by atoms with Crippen LogP contribution in [0, 0.1) is 0 Å². The number of carboxylic acid groups (broad SMARTS) is 1. The van der Waals surface area contributed by atoms with Crippen molar-refractivity contribution in [2.24, 2.45) is 0 Å². The van der Waals surface area contributed by atoms with Crippen LogP contribution in [-0.2, 0) is 16.0 Å². The summed E-state index contributed by atoms with van der Waals surface area (Å²) in [6, 6.07) is 0. The summed E-state index contributed by atoms with van der Waals surface area (Å²) in [5.41, 5.74) is -0.0331. The van der Waals surface area contributed by atoms with Crippen LogP contribution in [-0.4, -0.2) is 28.6 Å². The van der Waals surface area contributed by atoms with Gasteiger partial charge in [-0.15, -0.1) is 11.3 Å². The lowest BCUT2D eigenvalue weighted by Gasteiger charge is -1.97. The molecule has 1 N–H and O–H groups in total. The third-order valence-electron chi connectivity index (χ3n) is 1.37. The Kier molecular flexibility index (Phi) is 3.58. The van der Waals surface area contributed by atoms with E-state index in [1.165, 1.54) is 5.38 Å². The van der Waals surface area contributed by atoms with Gasteiger partial charge < -0.3 is 9.84 Å². The van der Waals surface area contributed by atoms with Gasteiger partial charge in [0.2, 0.25) is 0 Å². The molecule has 0 fully saturated rings. The minimum atomic E-state index is -1.09. The van der Waals surface area contributed by atoms with Gasteiger partial charge in [0.15, 0.2) is 5.69 Å². The first-order valence-corrected chi connectivity index (χ1v) is 4.84. The lowest BCUT2D eigenvalue weighted by molar-refractivity contribution is -0.142. The van der Waals surface area contributed by atoms with E-state index in [-0.39, 0.29) is 12.1 Å². The van der Waals surface area contributed by atoms with Crippen LogP contribution in [0.3, 0.4) is 0 Å². The Balaban J connectivity index is 2.59. The number of esters is 1. The fraction of sp³-hybridized carbons (Fsp3) is 0.375. The van der Waals surface area contributed by atoms with Gasteiger partial charge in [-0.1, -0.05) is 0 Å². The molecule has 5 nitrogen and oxygen atoms in total. The maximum absolute atomic E-state index is 11.0. The highest BCUT2D eigenvalue weighted by atomic mass is 32.1. The van der Waals surface area contributed by atoms with Crippen molar-refractivity contribution >= 4 is 23.3 Å². The summed E-state index contributed by atoms with van der Waals surface area (Å²) in [7, 11) is 0. The van der Waals surface area contributed by atoms with Crippen molar-refractivity contribution in [3.05, 3.63) is 16.1 Å². The molecular formula is C8H9NO4S. The molecule has 0 bridgehead atoms. The van der Waals surface area contributed by atoms with Gasteiger partial charge in [-0.05, 0) is 6.92 Å². The lowest BCUT2D eigenvalue weighted by Crippen LogP contribution is -2.07. The Bertz CT molecular complexity index is 347. The number of carboxylic acids is 1. The van der Waals surface area contributed by atoms with E-state index in [1.807, 2.05) is 0 Å². The maximum atomic E-state index is 11.0. The third kappa shape index (κ3) is 2.81. The van der Waals surface area contributed by atoms with E-state index in [1.54, 1.807) is 6.92 Å². The number of hydrogen-bond donors (Lipinski definition) is 1. The smallest absolute Gasteiger partial charge is 0.355 e. The van der Waals surface area contributed by atoms with E-state index in [0.29, 0.717) is 11.6 Å². The number of aromatic carboxylic acids is 1. The summed E-state index contributed by atoms with van der Waals surface area (Å²) in [5, 5.41) is 10.4. The number of thiazole rings is 1. The van der Waals surface area contributed by atoms with Gasteiger partial charge in [0.1, 0.15) is 5.01 Å². The zero-order valence-electron chi connectivity index (χ0n) is 7.52. The predicted octanol–water partition coefficient (Wildman–Crippen LogP) is 0.947. The molecule has 1 aromatic rings. The lowest BCUT2D eigenvalue weighted by atomic mass is 10.4. The first-order chi connectivity index (χ1) is 6.63. The molecular weight excluding hydrogens is 206 g/mol. The summed E-state index contributed by atoms with van der Waals surface area (Å²) in [5.74, 6) is -1.48. The molecule has 6 heteroatoms. The summed E-state index contributed by atoms with van der Waals surface area (Å²) in [6.45, 7) is 2.03. The highest BCUT2D eigenvalue weighted by Crippen LogP contribution is 2.10. The minimum Gasteiger partial charge on any atom is -0.476 e. The van der Waals surface area contributed by atoms with Crippen LogP contribution < -0.4 is 0 Å². The van der Waals surface area contributed by atoms with Crippen molar-refractivity contribution in [1.82, 2.24) is 4.98 Å². The van der Waals surface area contributed by atoms with Crippen LogP contribution in [0.25, 0.3) is 0 Å². The molecule has 0 aliphatic rings. The highest BCUT2D eigenvalue weighted by Gasteiger charge is 2.11. The second-order valence-corrected chi connectivity index (χ2v) is 3.36. The van der Waals surface area contributed by atoms with Gasteiger partial charge >= 0.3 is 11.9 Å².